The quantitative estimate of drug-likeness (QED) is 0.311. The molecule has 0 saturated carbocycles. The molecule has 5 heteroatoms. The number of hydrogen-bond acceptors (Lipinski definition) is 2. The summed E-state index contributed by atoms with van der Waals surface area (Å²) in [5.74, 6) is 0. The Hall–Kier alpha value is 2.07. The number of rotatable bonds is 4. The molecule has 0 fully saturated rings. The molecule has 4 N–H and O–H groups in total. The van der Waals surface area contributed by atoms with Gasteiger partial charge in [-0.2, -0.15) is 0 Å². The molecular formula is C6H13I2N2Pt. The summed E-state index contributed by atoms with van der Waals surface area (Å²) in [5, 5.41) is 0. The van der Waals surface area contributed by atoms with E-state index in [2.05, 4.69) is 71.9 Å². The van der Waals surface area contributed by atoms with Crippen LogP contribution in [0.4, 0.5) is 0 Å². The summed E-state index contributed by atoms with van der Waals surface area (Å²) in [6.45, 7) is 2.09. The average molecular weight is 562 g/mol. The third-order valence-corrected chi connectivity index (χ3v) is 4.55. The van der Waals surface area contributed by atoms with Gasteiger partial charge in [0.1, 0.15) is 0 Å². The van der Waals surface area contributed by atoms with Crippen LogP contribution in [0, 0.1) is 0 Å². The molecule has 2 atom stereocenters. The molecular weight excluding hydrogens is 549 g/mol. The van der Waals surface area contributed by atoms with E-state index in [9.17, 15) is 0 Å². The number of alkyl halides is 2. The van der Waals surface area contributed by atoms with E-state index >= 15 is 0 Å². The minimum atomic E-state index is -0.329. The van der Waals surface area contributed by atoms with Gasteiger partial charge in [-0.05, 0) is 0 Å². The second kappa shape index (κ2) is 5.07. The Kier molecular flexibility index (Phi) is 6.03. The van der Waals surface area contributed by atoms with E-state index in [-0.39, 0.29) is 7.47 Å². The van der Waals surface area contributed by atoms with Crippen molar-refractivity contribution in [3.63, 3.8) is 0 Å². The molecule has 0 saturated heterocycles. The fourth-order valence-electron chi connectivity index (χ4n) is 0.729. The van der Waals surface area contributed by atoms with E-state index in [1.807, 2.05) is 0 Å². The van der Waals surface area contributed by atoms with Crippen LogP contribution in [-0.2, 0) is 19.8 Å². The van der Waals surface area contributed by atoms with Gasteiger partial charge >= 0.3 is 108 Å². The summed E-state index contributed by atoms with van der Waals surface area (Å²) < 4.78 is 0.734. The van der Waals surface area contributed by atoms with Crippen molar-refractivity contribution in [2.24, 2.45) is 11.5 Å². The second-order valence-electron chi connectivity index (χ2n) is 2.53. The van der Waals surface area contributed by atoms with Gasteiger partial charge in [-0.25, -0.2) is 0 Å². The van der Waals surface area contributed by atoms with E-state index < -0.39 is 0 Å². The Morgan fingerprint density at radius 3 is 2.00 bits per heavy atom. The molecule has 0 aliphatic heterocycles. The summed E-state index contributed by atoms with van der Waals surface area (Å²) in [7, 11) is 0. The molecule has 0 radical (unpaired) electrons. The molecule has 0 aliphatic carbocycles. The van der Waals surface area contributed by atoms with Gasteiger partial charge < -0.3 is 0 Å². The molecule has 0 spiro atoms. The van der Waals surface area contributed by atoms with Gasteiger partial charge in [-0.15, -0.1) is 0 Å². The van der Waals surface area contributed by atoms with Gasteiger partial charge in [0.15, 0.2) is 0 Å². The first-order valence-electron chi connectivity index (χ1n) is 3.36. The monoisotopic (exact) mass is 562 g/mol. The molecule has 0 aromatic rings. The van der Waals surface area contributed by atoms with Crippen molar-refractivity contribution in [2.45, 2.75) is 27.2 Å². The minimum absolute atomic E-state index is 0.226. The van der Waals surface area contributed by atoms with Crippen molar-refractivity contribution in [3.05, 3.63) is 0 Å². The van der Waals surface area contributed by atoms with Crippen molar-refractivity contribution in [1.29, 1.82) is 0 Å². The Labute approximate surface area is 107 Å². The van der Waals surface area contributed by atoms with E-state index in [0.717, 1.165) is 17.3 Å². The summed E-state index contributed by atoms with van der Waals surface area (Å²) in [5.41, 5.74) is 11.9. The topological polar surface area (TPSA) is 52.0 Å². The molecule has 0 bridgehead atoms. The number of nitrogens with two attached hydrogens (primary N) is 2. The standard InChI is InChI=1S/C6H13I2N2.Pt/c1-2-6(10,3-4-7)5(8)9;/h2-4,9-10H2,1H3;. The van der Waals surface area contributed by atoms with Crippen LogP contribution in [0.2, 0.25) is 0 Å². The molecule has 0 aromatic heterocycles. The van der Waals surface area contributed by atoms with Gasteiger partial charge in [0.2, 0.25) is 0 Å². The Bertz CT molecular complexity index is 126. The van der Waals surface area contributed by atoms with Crippen molar-refractivity contribution in [1.82, 2.24) is 0 Å². The zero-order valence-corrected chi connectivity index (χ0v) is 12.9. The predicted octanol–water partition coefficient (Wildman–Crippen LogP) is 1.51. The van der Waals surface area contributed by atoms with Crippen LogP contribution >= 0.6 is 45.2 Å². The number of halogens is 2. The molecule has 11 heavy (non-hydrogen) atoms. The van der Waals surface area contributed by atoms with Gasteiger partial charge in [0, 0.05) is 0 Å². The third kappa shape index (κ3) is 3.75. The fraction of sp³-hybridized carbons (Fsp3) is 1.00. The normalized spacial score (nSPS) is 22.5. The summed E-state index contributed by atoms with van der Waals surface area (Å²) >= 11 is 6.75. The molecule has 0 aliphatic rings. The van der Waals surface area contributed by atoms with Crippen LogP contribution < -0.4 is 11.5 Å². The van der Waals surface area contributed by atoms with Crippen LogP contribution in [-0.4, -0.2) is 11.9 Å². The second-order valence-corrected chi connectivity index (χ2v) is 9.21. The zero-order chi connectivity index (χ0) is 9.12. The van der Waals surface area contributed by atoms with Crippen LogP contribution in [0.5, 0.6) is 0 Å². The van der Waals surface area contributed by atoms with Crippen molar-refractivity contribution in [3.8, 4) is 0 Å². The van der Waals surface area contributed by atoms with Gasteiger partial charge in [-0.1, -0.05) is 0 Å². The fourth-order valence-corrected chi connectivity index (χ4v) is 3.03. The molecule has 0 heterocycles. The van der Waals surface area contributed by atoms with E-state index in [0.29, 0.717) is 0 Å². The van der Waals surface area contributed by atoms with E-state index in [4.69, 9.17) is 11.5 Å². The molecule has 2 nitrogen and oxygen atoms in total. The molecule has 71 valence electrons. The number of hydrogen-bond donors (Lipinski definition) is 2. The van der Waals surface area contributed by atoms with E-state index in [1.165, 1.54) is 0 Å². The van der Waals surface area contributed by atoms with Crippen LogP contribution in [0.15, 0.2) is 0 Å². The van der Waals surface area contributed by atoms with Crippen molar-refractivity contribution in [2.75, 3.05) is 4.43 Å². The summed E-state index contributed by atoms with van der Waals surface area (Å²) in [6, 6.07) is 0. The average Bonchev–Trinajstić information content (AvgIpc) is 1.86. The maximum atomic E-state index is 6.14. The Morgan fingerprint density at radius 2 is 1.91 bits per heavy atom. The summed E-state index contributed by atoms with van der Waals surface area (Å²) in [6.07, 6.45) is 1.91. The van der Waals surface area contributed by atoms with Crippen molar-refractivity contribution < 1.29 is 19.8 Å². The Morgan fingerprint density at radius 1 is 1.45 bits per heavy atom. The zero-order valence-electron chi connectivity index (χ0n) is 6.35. The van der Waals surface area contributed by atoms with Crippen LogP contribution in [0.3, 0.4) is 0 Å². The molecule has 0 rings (SSSR count). The first kappa shape index (κ1) is 13.1. The molecule has 0 aromatic carbocycles. The maximum absolute atomic E-state index is 6.14. The predicted molar refractivity (Wildman–Crippen MR) is 61.7 cm³/mol. The first-order valence-corrected chi connectivity index (χ1v) is 7.10. The van der Waals surface area contributed by atoms with Crippen LogP contribution in [0.25, 0.3) is 0 Å². The Balaban J connectivity index is 4.33. The first-order chi connectivity index (χ1) is 4.87. The molecule has 0 amide bonds. The molecule has 2 unspecified atom stereocenters. The van der Waals surface area contributed by atoms with Gasteiger partial charge in [-0.3, -0.25) is 0 Å². The SMILES string of the molecule is CCC(N)(CCI)[C](N)(I)[Pt]. The van der Waals surface area contributed by atoms with Crippen molar-refractivity contribution >= 4 is 45.2 Å². The van der Waals surface area contributed by atoms with Crippen LogP contribution in [0.1, 0.15) is 19.8 Å². The summed E-state index contributed by atoms with van der Waals surface area (Å²) in [4.78, 5) is 0. The van der Waals surface area contributed by atoms with E-state index in [1.54, 1.807) is 0 Å². The third-order valence-electron chi connectivity index (χ3n) is 1.80. The van der Waals surface area contributed by atoms with Gasteiger partial charge in [0.25, 0.3) is 0 Å². The van der Waals surface area contributed by atoms with Gasteiger partial charge in [0.05, 0.1) is 0 Å².